The molecule has 0 saturated heterocycles. The molecule has 0 saturated carbocycles. The lowest BCUT2D eigenvalue weighted by molar-refractivity contribution is 0.0532. The van der Waals surface area contributed by atoms with Crippen LogP contribution >= 0.6 is 0 Å². The summed E-state index contributed by atoms with van der Waals surface area (Å²) >= 11 is 0. The number of fused-ring (bicyclic) bond motifs is 1. The molecule has 142 valence electrons. The molecule has 1 heterocycles. The Labute approximate surface area is 153 Å². The molecule has 1 aromatic heterocycles. The molecule has 2 aromatic rings. The van der Waals surface area contributed by atoms with Gasteiger partial charge in [-0.25, -0.2) is 14.2 Å². The maximum atomic E-state index is 13.2. The molecule has 0 spiro atoms. The number of unbranched alkanes of at least 4 members (excludes halogenated alkanes) is 1. The van der Waals surface area contributed by atoms with E-state index in [0.29, 0.717) is 23.9 Å². The van der Waals surface area contributed by atoms with Gasteiger partial charge in [-0.1, -0.05) is 19.4 Å². The summed E-state index contributed by atoms with van der Waals surface area (Å²) in [4.78, 5) is 16.1. The van der Waals surface area contributed by atoms with Gasteiger partial charge in [0.25, 0.3) is 0 Å². The molecule has 0 bridgehead atoms. The number of rotatable bonds is 7. The first-order valence-corrected chi connectivity index (χ1v) is 8.94. The number of nitrogens with zero attached hydrogens (tertiary/aromatic N) is 1. The number of benzene rings is 1. The first-order chi connectivity index (χ1) is 12.3. The lowest BCUT2D eigenvalue weighted by atomic mass is 10.1. The molecule has 26 heavy (non-hydrogen) atoms. The van der Waals surface area contributed by atoms with E-state index >= 15 is 0 Å². The van der Waals surface area contributed by atoms with Crippen LogP contribution in [-0.2, 0) is 17.6 Å². The average Bonchev–Trinajstić information content (AvgIpc) is 2.97. The second-order valence-corrected chi connectivity index (χ2v) is 7.31. The van der Waals surface area contributed by atoms with Gasteiger partial charge in [-0.15, -0.1) is 0 Å². The second kappa shape index (κ2) is 8.83. The molecule has 0 aliphatic heterocycles. The molecule has 0 fully saturated rings. The van der Waals surface area contributed by atoms with Gasteiger partial charge >= 0.3 is 6.09 Å². The van der Waals surface area contributed by atoms with Crippen LogP contribution in [0.25, 0.3) is 11.1 Å². The van der Waals surface area contributed by atoms with Crippen molar-refractivity contribution in [2.75, 3.05) is 6.54 Å². The van der Waals surface area contributed by atoms with E-state index in [1.807, 2.05) is 18.2 Å². The highest BCUT2D eigenvalue weighted by atomic mass is 19.1. The summed E-state index contributed by atoms with van der Waals surface area (Å²) in [6.45, 7) is 7.54. The minimum Gasteiger partial charge on any atom is -0.444 e. The van der Waals surface area contributed by atoms with E-state index in [1.54, 1.807) is 20.8 Å². The number of amides is 1. The number of ether oxygens (including phenoxy) is 1. The van der Waals surface area contributed by atoms with Crippen molar-refractivity contribution in [3.8, 4) is 0 Å². The number of nitrogens with one attached hydrogen (secondary N) is 1. The van der Waals surface area contributed by atoms with Crippen molar-refractivity contribution in [1.82, 2.24) is 10.3 Å². The molecule has 6 heteroatoms. The van der Waals surface area contributed by atoms with Crippen molar-refractivity contribution in [3.05, 3.63) is 41.6 Å². The Morgan fingerprint density at radius 1 is 1.38 bits per heavy atom. The van der Waals surface area contributed by atoms with Crippen LogP contribution in [0.3, 0.4) is 0 Å². The molecule has 5 nitrogen and oxygen atoms in total. The maximum Gasteiger partial charge on any atom is 0.407 e. The van der Waals surface area contributed by atoms with Gasteiger partial charge in [0.1, 0.15) is 11.1 Å². The molecule has 0 radical (unpaired) electrons. The molecular weight excluding hydrogens is 335 g/mol. The number of carbonyl (C=O) groups excluding carboxylic acids is 1. The predicted octanol–water partition coefficient (Wildman–Crippen LogP) is 5.09. The van der Waals surface area contributed by atoms with Crippen LogP contribution in [0, 0.1) is 0 Å². The highest BCUT2D eigenvalue weighted by molar-refractivity contribution is 5.73. The fourth-order valence-electron chi connectivity index (χ4n) is 2.46. The summed E-state index contributed by atoms with van der Waals surface area (Å²) in [5.74, 6) is 0.729. The molecular formula is C20H27FN2O3. The van der Waals surface area contributed by atoms with E-state index in [2.05, 4.69) is 17.2 Å². The zero-order chi connectivity index (χ0) is 19.2. The first kappa shape index (κ1) is 19.9. The van der Waals surface area contributed by atoms with Gasteiger partial charge in [-0.3, -0.25) is 0 Å². The third-order valence-electron chi connectivity index (χ3n) is 3.69. The van der Waals surface area contributed by atoms with Gasteiger partial charge in [0.05, 0.1) is 6.33 Å². The van der Waals surface area contributed by atoms with Crippen LogP contribution in [-0.4, -0.2) is 23.2 Å². The van der Waals surface area contributed by atoms with Gasteiger partial charge in [0.2, 0.25) is 0 Å². The quantitative estimate of drug-likeness (QED) is 0.745. The van der Waals surface area contributed by atoms with Crippen LogP contribution < -0.4 is 5.32 Å². The van der Waals surface area contributed by atoms with Crippen LogP contribution in [0.2, 0.25) is 0 Å². The Hall–Kier alpha value is -2.37. The number of halogens is 1. The Morgan fingerprint density at radius 2 is 2.15 bits per heavy atom. The van der Waals surface area contributed by atoms with Crippen molar-refractivity contribution in [2.45, 2.75) is 59.0 Å². The average molecular weight is 362 g/mol. The zero-order valence-electron chi connectivity index (χ0n) is 15.9. The summed E-state index contributed by atoms with van der Waals surface area (Å²) in [7, 11) is 0. The van der Waals surface area contributed by atoms with Crippen LogP contribution in [0.1, 0.15) is 52.0 Å². The number of alkyl carbamates (subject to hydrolysis) is 1. The summed E-state index contributed by atoms with van der Waals surface area (Å²) < 4.78 is 24.1. The smallest absolute Gasteiger partial charge is 0.407 e. The maximum absolute atomic E-state index is 13.2. The normalized spacial score (nSPS) is 12.4. The Kier molecular flexibility index (Phi) is 6.77. The van der Waals surface area contributed by atoms with Gasteiger partial charge in [0, 0.05) is 13.0 Å². The van der Waals surface area contributed by atoms with E-state index in [-0.39, 0.29) is 6.54 Å². The van der Waals surface area contributed by atoms with E-state index in [0.717, 1.165) is 36.2 Å². The fraction of sp³-hybridized carbons (Fsp3) is 0.500. The molecule has 1 N–H and O–H groups in total. The second-order valence-electron chi connectivity index (χ2n) is 7.31. The third kappa shape index (κ3) is 6.17. The lowest BCUT2D eigenvalue weighted by Crippen LogP contribution is -2.33. The summed E-state index contributed by atoms with van der Waals surface area (Å²) in [6.07, 6.45) is 3.25. The van der Waals surface area contributed by atoms with Crippen molar-refractivity contribution in [2.24, 2.45) is 0 Å². The Morgan fingerprint density at radius 3 is 2.81 bits per heavy atom. The summed E-state index contributed by atoms with van der Waals surface area (Å²) in [6, 6.07) is 5.64. The van der Waals surface area contributed by atoms with E-state index in [9.17, 15) is 9.18 Å². The van der Waals surface area contributed by atoms with Crippen molar-refractivity contribution in [3.63, 3.8) is 0 Å². The summed E-state index contributed by atoms with van der Waals surface area (Å²) in [5.41, 5.74) is 2.26. The zero-order valence-corrected chi connectivity index (χ0v) is 15.9. The Bertz CT molecular complexity index is 775. The highest BCUT2D eigenvalue weighted by Crippen LogP contribution is 2.20. The fourth-order valence-corrected chi connectivity index (χ4v) is 2.46. The molecule has 0 aliphatic carbocycles. The number of oxazole rings is 1. The van der Waals surface area contributed by atoms with Gasteiger partial charge in [-0.2, -0.15) is 0 Å². The van der Waals surface area contributed by atoms with E-state index < -0.39 is 11.7 Å². The van der Waals surface area contributed by atoms with Gasteiger partial charge < -0.3 is 14.5 Å². The van der Waals surface area contributed by atoms with Crippen LogP contribution in [0.5, 0.6) is 0 Å². The number of aryl methyl sites for hydroxylation is 1. The molecule has 0 aliphatic rings. The summed E-state index contributed by atoms with van der Waals surface area (Å²) in [5, 5.41) is 2.57. The number of hydrogen-bond donors (Lipinski definition) is 1. The van der Waals surface area contributed by atoms with Crippen molar-refractivity contribution >= 4 is 17.2 Å². The number of aromatic nitrogens is 1. The van der Waals surface area contributed by atoms with E-state index in [1.165, 1.54) is 0 Å². The first-order valence-electron chi connectivity index (χ1n) is 8.94. The van der Waals surface area contributed by atoms with Crippen LogP contribution in [0.15, 0.2) is 34.5 Å². The standard InChI is InChI=1S/C20H27FN2O3/c1-5-6-7-18-23-16-9-8-14(11-17(16)25-18)10-15(12-21)13-22-19(24)26-20(2,3)4/h8-9,11-12H,5-7,10,13H2,1-4H3,(H,22,24)/b15-12-. The monoisotopic (exact) mass is 362 g/mol. The SMILES string of the molecule is CCCCc1nc2ccc(C/C(=C/F)CNC(=O)OC(C)(C)C)cc2o1. The minimum atomic E-state index is -0.587. The van der Waals surface area contributed by atoms with Crippen molar-refractivity contribution in [1.29, 1.82) is 0 Å². The number of carbonyl (C=O) groups is 1. The molecule has 1 amide bonds. The number of hydrogen-bond acceptors (Lipinski definition) is 4. The molecule has 0 unspecified atom stereocenters. The molecule has 2 rings (SSSR count). The van der Waals surface area contributed by atoms with Crippen LogP contribution in [0.4, 0.5) is 9.18 Å². The largest absolute Gasteiger partial charge is 0.444 e. The lowest BCUT2D eigenvalue weighted by Gasteiger charge is -2.20. The predicted molar refractivity (Wildman–Crippen MR) is 99.8 cm³/mol. The highest BCUT2D eigenvalue weighted by Gasteiger charge is 2.16. The molecule has 1 aromatic carbocycles. The van der Waals surface area contributed by atoms with Crippen molar-refractivity contribution < 1.29 is 18.3 Å². The Balaban J connectivity index is 1.98. The van der Waals surface area contributed by atoms with E-state index in [4.69, 9.17) is 9.15 Å². The topological polar surface area (TPSA) is 64.4 Å². The third-order valence-corrected chi connectivity index (χ3v) is 3.69. The van der Waals surface area contributed by atoms with Gasteiger partial charge in [0.15, 0.2) is 11.5 Å². The minimum absolute atomic E-state index is 0.0849. The molecule has 0 atom stereocenters. The van der Waals surface area contributed by atoms with Gasteiger partial charge in [-0.05, 0) is 56.9 Å².